The standard InChI is InChI=1S/C11H12NO2/c1-6-3-8(11(13)14)4-9-10(6)7(2)5-12-9/h3-4,7,12H,2,5H2,1H3,(H,13,14). The first-order valence-electron chi connectivity index (χ1n) is 4.54. The zero-order chi connectivity index (χ0) is 10.3. The van der Waals surface area contributed by atoms with Crippen LogP contribution in [-0.4, -0.2) is 17.6 Å². The fourth-order valence-corrected chi connectivity index (χ4v) is 1.95. The van der Waals surface area contributed by atoms with Crippen LogP contribution in [0.2, 0.25) is 0 Å². The van der Waals surface area contributed by atoms with Gasteiger partial charge in [-0.05, 0) is 37.1 Å². The molecule has 0 saturated carbocycles. The van der Waals surface area contributed by atoms with Crippen LogP contribution in [0.1, 0.15) is 27.4 Å². The SMILES string of the molecule is [CH2]C1CNc2cc(C(=O)O)cc(C)c21. The van der Waals surface area contributed by atoms with Gasteiger partial charge in [-0.1, -0.05) is 0 Å². The van der Waals surface area contributed by atoms with Crippen LogP contribution in [0.5, 0.6) is 0 Å². The van der Waals surface area contributed by atoms with E-state index in [4.69, 9.17) is 5.11 Å². The number of nitrogens with one attached hydrogen (secondary N) is 1. The number of carbonyl (C=O) groups is 1. The van der Waals surface area contributed by atoms with E-state index in [-0.39, 0.29) is 5.92 Å². The maximum absolute atomic E-state index is 10.8. The highest BCUT2D eigenvalue weighted by atomic mass is 16.4. The van der Waals surface area contributed by atoms with Gasteiger partial charge in [-0.2, -0.15) is 0 Å². The molecule has 0 fully saturated rings. The molecule has 1 aliphatic rings. The Morgan fingerprint density at radius 1 is 1.64 bits per heavy atom. The van der Waals surface area contributed by atoms with E-state index in [1.165, 1.54) is 0 Å². The summed E-state index contributed by atoms with van der Waals surface area (Å²) in [5.74, 6) is -0.655. The zero-order valence-electron chi connectivity index (χ0n) is 8.00. The molecule has 2 rings (SSSR count). The summed E-state index contributed by atoms with van der Waals surface area (Å²) >= 11 is 0. The van der Waals surface area contributed by atoms with Crippen LogP contribution in [-0.2, 0) is 0 Å². The average molecular weight is 190 g/mol. The molecule has 1 aromatic rings. The summed E-state index contributed by atoms with van der Waals surface area (Å²) in [6.07, 6.45) is 0. The molecule has 73 valence electrons. The number of hydrogen-bond donors (Lipinski definition) is 2. The van der Waals surface area contributed by atoms with Gasteiger partial charge in [0.1, 0.15) is 0 Å². The van der Waals surface area contributed by atoms with Crippen molar-refractivity contribution in [3.05, 3.63) is 35.7 Å². The third-order valence-electron chi connectivity index (χ3n) is 2.58. The summed E-state index contributed by atoms with van der Waals surface area (Å²) in [5, 5.41) is 12.0. The fourth-order valence-electron chi connectivity index (χ4n) is 1.95. The Balaban J connectivity index is 2.57. The third-order valence-corrected chi connectivity index (χ3v) is 2.58. The van der Waals surface area contributed by atoms with Gasteiger partial charge < -0.3 is 10.4 Å². The number of rotatable bonds is 1. The van der Waals surface area contributed by atoms with E-state index >= 15 is 0 Å². The molecule has 3 heteroatoms. The van der Waals surface area contributed by atoms with E-state index in [1.807, 2.05) is 6.92 Å². The summed E-state index contributed by atoms with van der Waals surface area (Å²) < 4.78 is 0. The molecule has 2 N–H and O–H groups in total. The highest BCUT2D eigenvalue weighted by molar-refractivity contribution is 5.90. The fraction of sp³-hybridized carbons (Fsp3) is 0.273. The molecule has 1 unspecified atom stereocenters. The monoisotopic (exact) mass is 190 g/mol. The Labute approximate surface area is 82.8 Å². The van der Waals surface area contributed by atoms with Crippen LogP contribution in [0.15, 0.2) is 12.1 Å². The Kier molecular flexibility index (Phi) is 1.95. The first kappa shape index (κ1) is 9.06. The summed E-state index contributed by atoms with van der Waals surface area (Å²) in [4.78, 5) is 10.8. The average Bonchev–Trinajstić information content (AvgIpc) is 2.48. The quantitative estimate of drug-likeness (QED) is 0.712. The number of fused-ring (bicyclic) bond motifs is 1. The Hall–Kier alpha value is -1.51. The molecular weight excluding hydrogens is 178 g/mol. The predicted octanol–water partition coefficient (Wildman–Crippen LogP) is 2.04. The lowest BCUT2D eigenvalue weighted by atomic mass is 9.96. The first-order chi connectivity index (χ1) is 6.59. The number of carboxylic acids is 1. The summed E-state index contributed by atoms with van der Waals surface area (Å²) in [7, 11) is 0. The Morgan fingerprint density at radius 2 is 2.36 bits per heavy atom. The number of aryl methyl sites for hydroxylation is 1. The molecule has 3 nitrogen and oxygen atoms in total. The van der Waals surface area contributed by atoms with E-state index in [9.17, 15) is 4.79 Å². The molecule has 1 aromatic carbocycles. The minimum atomic E-state index is -0.884. The number of anilines is 1. The van der Waals surface area contributed by atoms with Gasteiger partial charge in [0.2, 0.25) is 0 Å². The van der Waals surface area contributed by atoms with E-state index in [1.54, 1.807) is 12.1 Å². The molecule has 0 amide bonds. The minimum absolute atomic E-state index is 0.229. The topological polar surface area (TPSA) is 49.3 Å². The van der Waals surface area contributed by atoms with E-state index < -0.39 is 5.97 Å². The molecule has 1 radical (unpaired) electrons. The summed E-state index contributed by atoms with van der Waals surface area (Å²) in [5.41, 5.74) is 3.41. The number of carboxylic acid groups (broad SMARTS) is 1. The predicted molar refractivity (Wildman–Crippen MR) is 54.7 cm³/mol. The van der Waals surface area contributed by atoms with E-state index in [0.717, 1.165) is 23.4 Å². The van der Waals surface area contributed by atoms with Crippen molar-refractivity contribution in [3.63, 3.8) is 0 Å². The lowest BCUT2D eigenvalue weighted by Gasteiger charge is -2.08. The van der Waals surface area contributed by atoms with Gasteiger partial charge >= 0.3 is 5.97 Å². The highest BCUT2D eigenvalue weighted by Gasteiger charge is 2.21. The number of benzene rings is 1. The molecule has 0 aromatic heterocycles. The van der Waals surface area contributed by atoms with Gasteiger partial charge in [0.05, 0.1) is 5.56 Å². The van der Waals surface area contributed by atoms with Crippen LogP contribution >= 0.6 is 0 Å². The van der Waals surface area contributed by atoms with Crippen molar-refractivity contribution in [1.29, 1.82) is 0 Å². The minimum Gasteiger partial charge on any atom is -0.478 e. The van der Waals surface area contributed by atoms with Crippen molar-refractivity contribution in [2.24, 2.45) is 0 Å². The molecule has 0 aliphatic carbocycles. The Morgan fingerprint density at radius 3 is 3.00 bits per heavy atom. The summed E-state index contributed by atoms with van der Waals surface area (Å²) in [6, 6.07) is 3.38. The first-order valence-corrected chi connectivity index (χ1v) is 4.54. The van der Waals surface area contributed by atoms with Crippen molar-refractivity contribution < 1.29 is 9.90 Å². The van der Waals surface area contributed by atoms with Crippen LogP contribution in [0.25, 0.3) is 0 Å². The summed E-state index contributed by atoms with van der Waals surface area (Å²) in [6.45, 7) is 6.72. The van der Waals surface area contributed by atoms with E-state index in [2.05, 4.69) is 12.2 Å². The smallest absolute Gasteiger partial charge is 0.335 e. The van der Waals surface area contributed by atoms with Crippen LogP contribution in [0.4, 0.5) is 5.69 Å². The van der Waals surface area contributed by atoms with Crippen molar-refractivity contribution in [2.75, 3.05) is 11.9 Å². The second kappa shape index (κ2) is 3.01. The van der Waals surface area contributed by atoms with Crippen LogP contribution < -0.4 is 5.32 Å². The van der Waals surface area contributed by atoms with Crippen molar-refractivity contribution in [1.82, 2.24) is 0 Å². The number of aromatic carboxylic acids is 1. The van der Waals surface area contributed by atoms with Gasteiger partial charge in [-0.3, -0.25) is 0 Å². The molecular formula is C11H12NO2. The highest BCUT2D eigenvalue weighted by Crippen LogP contribution is 2.34. The molecule has 0 spiro atoms. The second-order valence-corrected chi connectivity index (χ2v) is 3.64. The van der Waals surface area contributed by atoms with E-state index in [0.29, 0.717) is 5.56 Å². The van der Waals surface area contributed by atoms with Crippen molar-refractivity contribution in [3.8, 4) is 0 Å². The lowest BCUT2D eigenvalue weighted by Crippen LogP contribution is -1.99. The van der Waals surface area contributed by atoms with Crippen molar-refractivity contribution in [2.45, 2.75) is 12.8 Å². The molecule has 0 bridgehead atoms. The molecule has 1 heterocycles. The van der Waals surface area contributed by atoms with Crippen LogP contribution in [0, 0.1) is 13.8 Å². The molecule has 0 saturated heterocycles. The number of hydrogen-bond acceptors (Lipinski definition) is 2. The molecule has 14 heavy (non-hydrogen) atoms. The maximum Gasteiger partial charge on any atom is 0.335 e. The largest absolute Gasteiger partial charge is 0.478 e. The van der Waals surface area contributed by atoms with Gasteiger partial charge in [0.15, 0.2) is 0 Å². The Bertz CT molecular complexity index is 399. The normalized spacial score (nSPS) is 18.9. The van der Waals surface area contributed by atoms with Gasteiger partial charge in [0, 0.05) is 18.2 Å². The van der Waals surface area contributed by atoms with Crippen molar-refractivity contribution >= 4 is 11.7 Å². The second-order valence-electron chi connectivity index (χ2n) is 3.64. The van der Waals surface area contributed by atoms with Gasteiger partial charge in [-0.25, -0.2) is 4.79 Å². The van der Waals surface area contributed by atoms with Crippen LogP contribution in [0.3, 0.4) is 0 Å². The van der Waals surface area contributed by atoms with Gasteiger partial charge in [-0.15, -0.1) is 0 Å². The maximum atomic E-state index is 10.8. The molecule has 1 atom stereocenters. The molecule has 1 aliphatic heterocycles. The third kappa shape index (κ3) is 1.25. The zero-order valence-corrected chi connectivity index (χ0v) is 8.00. The lowest BCUT2D eigenvalue weighted by molar-refractivity contribution is 0.0697. The van der Waals surface area contributed by atoms with Gasteiger partial charge in [0.25, 0.3) is 0 Å².